The second-order valence-corrected chi connectivity index (χ2v) is 5.59. The van der Waals surface area contributed by atoms with E-state index < -0.39 is 0 Å². The maximum absolute atomic E-state index is 13.8. The van der Waals surface area contributed by atoms with Gasteiger partial charge in [-0.3, -0.25) is 0 Å². The monoisotopic (exact) mass is 283 g/mol. The van der Waals surface area contributed by atoms with Crippen molar-refractivity contribution in [2.45, 2.75) is 16.3 Å². The fourth-order valence-electron chi connectivity index (χ4n) is 2.25. The Morgan fingerprint density at radius 3 is 2.25 bits per heavy atom. The zero-order valence-corrected chi connectivity index (χ0v) is 11.7. The summed E-state index contributed by atoms with van der Waals surface area (Å²) in [5, 5.41) is 2.25. The van der Waals surface area contributed by atoms with Gasteiger partial charge in [-0.1, -0.05) is 54.2 Å². The zero-order valence-electron chi connectivity index (χ0n) is 10.8. The van der Waals surface area contributed by atoms with Gasteiger partial charge in [0.1, 0.15) is 5.82 Å². The summed E-state index contributed by atoms with van der Waals surface area (Å²) in [4.78, 5) is 1.68. The maximum Gasteiger partial charge on any atom is 0.137 e. The van der Waals surface area contributed by atoms with Crippen LogP contribution in [0.25, 0.3) is 10.8 Å². The molecule has 0 heterocycles. The number of rotatable bonds is 3. The van der Waals surface area contributed by atoms with Gasteiger partial charge in [0.15, 0.2) is 0 Å². The maximum atomic E-state index is 13.8. The molecule has 0 amide bonds. The molecule has 0 spiro atoms. The molecule has 3 rings (SSSR count). The van der Waals surface area contributed by atoms with Crippen LogP contribution in [0.4, 0.5) is 4.39 Å². The van der Waals surface area contributed by atoms with Crippen LogP contribution in [-0.4, -0.2) is 0 Å². The van der Waals surface area contributed by atoms with Crippen molar-refractivity contribution >= 4 is 22.5 Å². The van der Waals surface area contributed by atoms with E-state index in [0.717, 1.165) is 21.2 Å². The van der Waals surface area contributed by atoms with Crippen LogP contribution in [0.5, 0.6) is 0 Å². The first-order chi connectivity index (χ1) is 9.79. The van der Waals surface area contributed by atoms with E-state index >= 15 is 0 Å². The molecule has 20 heavy (non-hydrogen) atoms. The Balaban J connectivity index is 2.11. The third kappa shape index (κ3) is 2.42. The molecule has 3 heteroatoms. The highest BCUT2D eigenvalue weighted by Crippen LogP contribution is 2.35. The standard InChI is InChI=1S/C17H14FNS/c18-15-7-3-4-8-17(15)20-16-10-9-12(11-19)13-5-1-2-6-14(13)16/h1-10H,11,19H2. The summed E-state index contributed by atoms with van der Waals surface area (Å²) in [5.74, 6) is -0.190. The molecule has 0 bridgehead atoms. The molecule has 0 saturated heterocycles. The summed E-state index contributed by atoms with van der Waals surface area (Å²) in [7, 11) is 0. The van der Waals surface area contributed by atoms with Crippen LogP contribution in [-0.2, 0) is 6.54 Å². The van der Waals surface area contributed by atoms with Crippen molar-refractivity contribution in [3.05, 3.63) is 72.0 Å². The van der Waals surface area contributed by atoms with E-state index in [-0.39, 0.29) is 5.82 Å². The van der Waals surface area contributed by atoms with Crippen molar-refractivity contribution in [2.24, 2.45) is 5.73 Å². The Morgan fingerprint density at radius 2 is 1.50 bits per heavy atom. The Morgan fingerprint density at radius 1 is 0.800 bits per heavy atom. The molecule has 0 atom stereocenters. The molecule has 3 aromatic carbocycles. The van der Waals surface area contributed by atoms with E-state index in [0.29, 0.717) is 11.4 Å². The first-order valence-electron chi connectivity index (χ1n) is 6.42. The fourth-order valence-corrected chi connectivity index (χ4v) is 3.22. The van der Waals surface area contributed by atoms with Gasteiger partial charge >= 0.3 is 0 Å². The highest BCUT2D eigenvalue weighted by molar-refractivity contribution is 7.99. The highest BCUT2D eigenvalue weighted by atomic mass is 32.2. The van der Waals surface area contributed by atoms with Crippen molar-refractivity contribution in [3.63, 3.8) is 0 Å². The fraction of sp³-hybridized carbons (Fsp3) is 0.0588. The number of hydrogen-bond donors (Lipinski definition) is 1. The Bertz CT molecular complexity index is 755. The molecule has 0 unspecified atom stereocenters. The molecular formula is C17H14FNS. The van der Waals surface area contributed by atoms with Crippen molar-refractivity contribution in [2.75, 3.05) is 0 Å². The third-order valence-corrected chi connectivity index (χ3v) is 4.38. The summed E-state index contributed by atoms with van der Waals surface area (Å²) < 4.78 is 13.8. The van der Waals surface area contributed by atoms with E-state index in [1.807, 2.05) is 30.3 Å². The summed E-state index contributed by atoms with van der Waals surface area (Å²) in [6.45, 7) is 0.505. The van der Waals surface area contributed by atoms with Gasteiger partial charge in [-0.25, -0.2) is 4.39 Å². The van der Waals surface area contributed by atoms with Crippen LogP contribution in [0.15, 0.2) is 70.5 Å². The second-order valence-electron chi connectivity index (χ2n) is 4.51. The topological polar surface area (TPSA) is 26.0 Å². The average molecular weight is 283 g/mol. The minimum Gasteiger partial charge on any atom is -0.326 e. The van der Waals surface area contributed by atoms with Crippen LogP contribution in [0.1, 0.15) is 5.56 Å². The predicted molar refractivity (Wildman–Crippen MR) is 82.4 cm³/mol. The Hall–Kier alpha value is -1.84. The van der Waals surface area contributed by atoms with Gasteiger partial charge in [0.25, 0.3) is 0 Å². The predicted octanol–water partition coefficient (Wildman–Crippen LogP) is 4.59. The minimum absolute atomic E-state index is 0.190. The van der Waals surface area contributed by atoms with Crippen molar-refractivity contribution in [1.82, 2.24) is 0 Å². The molecule has 0 saturated carbocycles. The normalized spacial score (nSPS) is 10.9. The molecule has 0 aliphatic rings. The van der Waals surface area contributed by atoms with E-state index in [4.69, 9.17) is 5.73 Å². The van der Waals surface area contributed by atoms with Gasteiger partial charge in [0.2, 0.25) is 0 Å². The molecule has 1 nitrogen and oxygen atoms in total. The second kappa shape index (κ2) is 5.65. The number of halogens is 1. The van der Waals surface area contributed by atoms with Gasteiger partial charge in [-0.15, -0.1) is 0 Å². The van der Waals surface area contributed by atoms with Crippen molar-refractivity contribution in [1.29, 1.82) is 0 Å². The third-order valence-electron chi connectivity index (χ3n) is 3.25. The molecule has 0 aliphatic carbocycles. The Labute approximate surface area is 121 Å². The molecule has 0 radical (unpaired) electrons. The largest absolute Gasteiger partial charge is 0.326 e. The van der Waals surface area contributed by atoms with Crippen LogP contribution < -0.4 is 5.73 Å². The Kier molecular flexibility index (Phi) is 3.72. The lowest BCUT2D eigenvalue weighted by Crippen LogP contribution is -1.97. The van der Waals surface area contributed by atoms with E-state index in [2.05, 4.69) is 12.1 Å². The van der Waals surface area contributed by atoms with E-state index in [9.17, 15) is 4.39 Å². The number of nitrogens with two attached hydrogens (primary N) is 1. The lowest BCUT2D eigenvalue weighted by Gasteiger charge is -2.10. The molecule has 0 aromatic heterocycles. The number of hydrogen-bond acceptors (Lipinski definition) is 2. The number of fused-ring (bicyclic) bond motifs is 1. The van der Waals surface area contributed by atoms with E-state index in [1.165, 1.54) is 17.8 Å². The van der Waals surface area contributed by atoms with Crippen LogP contribution in [0.2, 0.25) is 0 Å². The van der Waals surface area contributed by atoms with Crippen molar-refractivity contribution in [3.8, 4) is 0 Å². The van der Waals surface area contributed by atoms with E-state index in [1.54, 1.807) is 12.1 Å². The van der Waals surface area contributed by atoms with Gasteiger partial charge in [0.05, 0.1) is 0 Å². The van der Waals surface area contributed by atoms with Gasteiger partial charge in [0, 0.05) is 16.3 Å². The van der Waals surface area contributed by atoms with Gasteiger partial charge in [-0.05, 0) is 34.5 Å². The smallest absolute Gasteiger partial charge is 0.137 e. The number of benzene rings is 3. The lowest BCUT2D eigenvalue weighted by molar-refractivity contribution is 0.602. The summed E-state index contributed by atoms with van der Waals surface area (Å²) >= 11 is 1.45. The molecule has 3 aromatic rings. The minimum atomic E-state index is -0.190. The first kappa shape index (κ1) is 13.2. The van der Waals surface area contributed by atoms with Crippen LogP contribution in [0, 0.1) is 5.82 Å². The molecule has 0 fully saturated rings. The van der Waals surface area contributed by atoms with Gasteiger partial charge < -0.3 is 5.73 Å². The molecule has 0 aliphatic heterocycles. The lowest BCUT2D eigenvalue weighted by atomic mass is 10.0. The summed E-state index contributed by atoms with van der Waals surface area (Å²) in [6.07, 6.45) is 0. The summed E-state index contributed by atoms with van der Waals surface area (Å²) in [5.41, 5.74) is 6.89. The SMILES string of the molecule is NCc1ccc(Sc2ccccc2F)c2ccccc12. The van der Waals surface area contributed by atoms with Crippen LogP contribution in [0.3, 0.4) is 0 Å². The first-order valence-corrected chi connectivity index (χ1v) is 7.24. The highest BCUT2D eigenvalue weighted by Gasteiger charge is 2.08. The van der Waals surface area contributed by atoms with Crippen molar-refractivity contribution < 1.29 is 4.39 Å². The average Bonchev–Trinajstić information content (AvgIpc) is 2.50. The molecule has 2 N–H and O–H groups in total. The van der Waals surface area contributed by atoms with Crippen LogP contribution >= 0.6 is 11.8 Å². The molecule has 100 valence electrons. The molecular weight excluding hydrogens is 269 g/mol. The van der Waals surface area contributed by atoms with Gasteiger partial charge in [-0.2, -0.15) is 0 Å². The quantitative estimate of drug-likeness (QED) is 0.761. The summed E-state index contributed by atoms with van der Waals surface area (Å²) in [6, 6.07) is 19.0. The zero-order chi connectivity index (χ0) is 13.9.